The Morgan fingerprint density at radius 3 is 3.19 bits per heavy atom. The first kappa shape index (κ1) is 10.8. The van der Waals surface area contributed by atoms with Crippen molar-refractivity contribution in [3.05, 3.63) is 34.5 Å². The molecule has 6 heteroatoms. The van der Waals surface area contributed by atoms with Crippen molar-refractivity contribution in [1.29, 1.82) is 0 Å². The fraction of sp³-hybridized carbons (Fsp3) is 0.300. The lowest BCUT2D eigenvalue weighted by atomic mass is 10.3. The predicted octanol–water partition coefficient (Wildman–Crippen LogP) is 1.29. The van der Waals surface area contributed by atoms with Gasteiger partial charge < -0.3 is 5.32 Å². The second-order valence-electron chi connectivity index (χ2n) is 3.42. The molecule has 0 aliphatic heterocycles. The van der Waals surface area contributed by atoms with Crippen LogP contribution in [0.2, 0.25) is 0 Å². The molecule has 0 aromatic carbocycles. The third-order valence-electron chi connectivity index (χ3n) is 2.14. The second-order valence-corrected chi connectivity index (χ2v) is 4.45. The fourth-order valence-corrected chi connectivity index (χ4v) is 2.06. The molecule has 2 heterocycles. The van der Waals surface area contributed by atoms with Crippen molar-refractivity contribution >= 4 is 17.2 Å². The summed E-state index contributed by atoms with van der Waals surface area (Å²) in [6, 6.07) is 3.74. The van der Waals surface area contributed by atoms with Gasteiger partial charge in [0.15, 0.2) is 0 Å². The highest BCUT2D eigenvalue weighted by Gasteiger charge is 2.12. The predicted molar refractivity (Wildman–Crippen MR) is 61.0 cm³/mol. The molecule has 0 spiro atoms. The topological polar surface area (TPSA) is 70.7 Å². The Morgan fingerprint density at radius 2 is 2.56 bits per heavy atom. The first-order valence-electron chi connectivity index (χ1n) is 4.92. The minimum Gasteiger partial charge on any atom is -0.346 e. The Kier molecular flexibility index (Phi) is 3.31. The summed E-state index contributed by atoms with van der Waals surface area (Å²) in [4.78, 5) is 16.7. The summed E-state index contributed by atoms with van der Waals surface area (Å²) in [6.45, 7) is 1.87. The van der Waals surface area contributed by atoms with Crippen molar-refractivity contribution in [2.75, 3.05) is 0 Å². The van der Waals surface area contributed by atoms with Gasteiger partial charge in [0.2, 0.25) is 5.91 Å². The van der Waals surface area contributed by atoms with E-state index in [9.17, 15) is 4.79 Å². The zero-order chi connectivity index (χ0) is 11.4. The highest BCUT2D eigenvalue weighted by atomic mass is 32.1. The molecule has 1 unspecified atom stereocenters. The van der Waals surface area contributed by atoms with Crippen LogP contribution in [0.5, 0.6) is 0 Å². The zero-order valence-corrected chi connectivity index (χ0v) is 9.62. The van der Waals surface area contributed by atoms with Crippen molar-refractivity contribution in [3.8, 4) is 0 Å². The summed E-state index contributed by atoms with van der Waals surface area (Å²) < 4.78 is 0. The molecular formula is C10H12N4OS. The van der Waals surface area contributed by atoms with E-state index in [-0.39, 0.29) is 11.9 Å². The van der Waals surface area contributed by atoms with Crippen LogP contribution in [-0.4, -0.2) is 21.1 Å². The van der Waals surface area contributed by atoms with Crippen LogP contribution in [-0.2, 0) is 11.2 Å². The van der Waals surface area contributed by atoms with Gasteiger partial charge in [-0.05, 0) is 18.4 Å². The molecule has 2 N–H and O–H groups in total. The number of hydrogen-bond acceptors (Lipinski definition) is 4. The smallest absolute Gasteiger partial charge is 0.225 e. The van der Waals surface area contributed by atoms with Gasteiger partial charge in [-0.2, -0.15) is 5.10 Å². The van der Waals surface area contributed by atoms with Crippen molar-refractivity contribution in [1.82, 2.24) is 20.5 Å². The van der Waals surface area contributed by atoms with E-state index in [1.165, 1.54) is 6.33 Å². The van der Waals surface area contributed by atoms with E-state index in [0.29, 0.717) is 12.2 Å². The van der Waals surface area contributed by atoms with E-state index in [0.717, 1.165) is 4.88 Å². The lowest BCUT2D eigenvalue weighted by Gasteiger charge is -2.10. The van der Waals surface area contributed by atoms with Crippen molar-refractivity contribution in [2.24, 2.45) is 0 Å². The number of nitrogens with one attached hydrogen (secondary N) is 2. The quantitative estimate of drug-likeness (QED) is 0.840. The molecule has 0 aliphatic carbocycles. The van der Waals surface area contributed by atoms with Gasteiger partial charge in [0.05, 0.1) is 12.5 Å². The maximum Gasteiger partial charge on any atom is 0.225 e. The molecule has 0 saturated heterocycles. The number of carbonyl (C=O) groups excluding carboxylic acids is 1. The molecule has 0 saturated carbocycles. The molecule has 1 atom stereocenters. The lowest BCUT2D eigenvalue weighted by Crippen LogP contribution is -2.28. The van der Waals surface area contributed by atoms with E-state index in [1.807, 2.05) is 24.4 Å². The molecule has 5 nitrogen and oxygen atoms in total. The molecule has 0 aliphatic rings. The van der Waals surface area contributed by atoms with Crippen LogP contribution in [0.15, 0.2) is 23.8 Å². The van der Waals surface area contributed by atoms with Gasteiger partial charge in [0.1, 0.15) is 12.2 Å². The molecule has 2 aromatic rings. The monoisotopic (exact) mass is 236 g/mol. The number of aromatic nitrogens is 3. The summed E-state index contributed by atoms with van der Waals surface area (Å²) in [5.74, 6) is 0.658. The van der Waals surface area contributed by atoms with Crippen LogP contribution in [0, 0.1) is 0 Å². The number of aromatic amines is 1. The van der Waals surface area contributed by atoms with Gasteiger partial charge in [0, 0.05) is 4.88 Å². The van der Waals surface area contributed by atoms with Crippen molar-refractivity contribution in [2.45, 2.75) is 19.4 Å². The molecule has 0 bridgehead atoms. The highest BCUT2D eigenvalue weighted by molar-refractivity contribution is 7.10. The third kappa shape index (κ3) is 2.66. The first-order chi connectivity index (χ1) is 7.75. The van der Waals surface area contributed by atoms with Crippen LogP contribution in [0.4, 0.5) is 0 Å². The van der Waals surface area contributed by atoms with Crippen LogP contribution in [0.3, 0.4) is 0 Å². The third-order valence-corrected chi connectivity index (χ3v) is 3.01. The number of amides is 1. The van der Waals surface area contributed by atoms with Gasteiger partial charge in [-0.1, -0.05) is 6.07 Å². The van der Waals surface area contributed by atoms with E-state index in [4.69, 9.17) is 0 Å². The molecule has 84 valence electrons. The molecular weight excluding hydrogens is 224 g/mol. The van der Waals surface area contributed by atoms with Gasteiger partial charge in [-0.15, -0.1) is 11.3 Å². The Labute approximate surface area is 96.9 Å². The van der Waals surface area contributed by atoms with E-state index in [1.54, 1.807) is 11.3 Å². The maximum atomic E-state index is 11.6. The number of nitrogens with zero attached hydrogens (tertiary/aromatic N) is 2. The SMILES string of the molecule is CC(NC(=O)Cc1cccs1)c1ncn[nH]1. The Bertz CT molecular complexity index is 437. The summed E-state index contributed by atoms with van der Waals surface area (Å²) in [5, 5.41) is 11.3. The summed E-state index contributed by atoms with van der Waals surface area (Å²) >= 11 is 1.58. The van der Waals surface area contributed by atoms with Gasteiger partial charge in [0.25, 0.3) is 0 Å². The Morgan fingerprint density at radius 1 is 1.69 bits per heavy atom. The van der Waals surface area contributed by atoms with Crippen LogP contribution in [0.1, 0.15) is 23.7 Å². The highest BCUT2D eigenvalue weighted by Crippen LogP contribution is 2.10. The van der Waals surface area contributed by atoms with Crippen LogP contribution < -0.4 is 5.32 Å². The van der Waals surface area contributed by atoms with Crippen molar-refractivity contribution < 1.29 is 4.79 Å². The molecule has 16 heavy (non-hydrogen) atoms. The number of thiophene rings is 1. The van der Waals surface area contributed by atoms with E-state index < -0.39 is 0 Å². The molecule has 1 amide bonds. The minimum atomic E-state index is -0.144. The number of carbonyl (C=O) groups is 1. The summed E-state index contributed by atoms with van der Waals surface area (Å²) in [7, 11) is 0. The molecule has 2 aromatic heterocycles. The van der Waals surface area contributed by atoms with Gasteiger partial charge in [-0.3, -0.25) is 9.89 Å². The Balaban J connectivity index is 1.88. The first-order valence-corrected chi connectivity index (χ1v) is 5.80. The molecule has 0 fully saturated rings. The Hall–Kier alpha value is -1.69. The number of H-pyrrole nitrogens is 1. The largest absolute Gasteiger partial charge is 0.346 e. The summed E-state index contributed by atoms with van der Waals surface area (Å²) in [5.41, 5.74) is 0. The van der Waals surface area contributed by atoms with Gasteiger partial charge >= 0.3 is 0 Å². The average molecular weight is 236 g/mol. The second kappa shape index (κ2) is 4.89. The number of hydrogen-bond donors (Lipinski definition) is 2. The van der Waals surface area contributed by atoms with Crippen molar-refractivity contribution in [3.63, 3.8) is 0 Å². The average Bonchev–Trinajstić information content (AvgIpc) is 2.88. The van der Waals surface area contributed by atoms with E-state index in [2.05, 4.69) is 20.5 Å². The van der Waals surface area contributed by atoms with Crippen LogP contribution >= 0.6 is 11.3 Å². The molecule has 0 radical (unpaired) electrons. The normalized spacial score (nSPS) is 12.3. The van der Waals surface area contributed by atoms with Crippen LogP contribution in [0.25, 0.3) is 0 Å². The van der Waals surface area contributed by atoms with Gasteiger partial charge in [-0.25, -0.2) is 4.98 Å². The lowest BCUT2D eigenvalue weighted by molar-refractivity contribution is -0.121. The maximum absolute atomic E-state index is 11.6. The fourth-order valence-electron chi connectivity index (χ4n) is 1.36. The molecule has 2 rings (SSSR count). The number of rotatable bonds is 4. The minimum absolute atomic E-state index is 0.00801. The van der Waals surface area contributed by atoms with E-state index >= 15 is 0 Å². The summed E-state index contributed by atoms with van der Waals surface area (Å²) in [6.07, 6.45) is 1.84. The standard InChI is InChI=1S/C10H12N4OS/c1-7(10-11-6-12-14-10)13-9(15)5-8-3-2-4-16-8/h2-4,6-7H,5H2,1H3,(H,13,15)(H,11,12,14). The zero-order valence-electron chi connectivity index (χ0n) is 8.80.